The van der Waals surface area contributed by atoms with E-state index in [0.717, 1.165) is 39.1 Å². The average molecular weight is 276 g/mol. The molecule has 0 aliphatic carbocycles. The molecule has 1 saturated heterocycles. The van der Waals surface area contributed by atoms with E-state index < -0.39 is 0 Å². The van der Waals surface area contributed by atoms with Crippen molar-refractivity contribution in [3.63, 3.8) is 0 Å². The fraction of sp³-hybridized carbons (Fsp3) is 0.600. The molecular formula is C15H24N4O. The summed E-state index contributed by atoms with van der Waals surface area (Å²) in [6, 6.07) is 4.41. The van der Waals surface area contributed by atoms with Crippen LogP contribution < -0.4 is 5.32 Å². The highest BCUT2D eigenvalue weighted by Gasteiger charge is 2.21. The average Bonchev–Trinajstić information content (AvgIpc) is 2.49. The van der Waals surface area contributed by atoms with E-state index in [1.54, 1.807) is 0 Å². The molecule has 1 unspecified atom stereocenters. The smallest absolute Gasteiger partial charge is 0.317 e. The third kappa shape index (κ3) is 4.20. The second kappa shape index (κ2) is 7.24. The van der Waals surface area contributed by atoms with Crippen molar-refractivity contribution in [3.8, 4) is 0 Å². The Kier molecular flexibility index (Phi) is 5.35. The van der Waals surface area contributed by atoms with Crippen LogP contribution in [-0.2, 0) is 6.54 Å². The predicted octanol–water partition coefficient (Wildman–Crippen LogP) is 1.71. The maximum absolute atomic E-state index is 12.0. The molecule has 0 radical (unpaired) electrons. The highest BCUT2D eigenvalue weighted by molar-refractivity contribution is 5.74. The van der Waals surface area contributed by atoms with Gasteiger partial charge in [0, 0.05) is 51.2 Å². The number of hydrogen-bond acceptors (Lipinski definition) is 3. The standard InChI is InChI=1S/C15H24N4O/c1-3-13(2)17-15(20)19-10-8-18(9-11-19)12-14-4-6-16-7-5-14/h4-7,13H,3,8-12H2,1-2H3,(H,17,20). The largest absolute Gasteiger partial charge is 0.336 e. The van der Waals surface area contributed by atoms with E-state index in [9.17, 15) is 4.79 Å². The van der Waals surface area contributed by atoms with Gasteiger partial charge >= 0.3 is 6.03 Å². The number of pyridine rings is 1. The molecule has 2 heterocycles. The Morgan fingerprint density at radius 1 is 1.30 bits per heavy atom. The Labute approximate surface area is 121 Å². The molecule has 5 nitrogen and oxygen atoms in total. The minimum Gasteiger partial charge on any atom is -0.336 e. The van der Waals surface area contributed by atoms with Crippen LogP contribution in [0.1, 0.15) is 25.8 Å². The SMILES string of the molecule is CCC(C)NC(=O)N1CCN(Cc2ccncc2)CC1. The Morgan fingerprint density at radius 2 is 1.95 bits per heavy atom. The van der Waals surface area contributed by atoms with Crippen LogP contribution in [0.5, 0.6) is 0 Å². The minimum absolute atomic E-state index is 0.0721. The van der Waals surface area contributed by atoms with Crippen LogP contribution in [0.4, 0.5) is 4.79 Å². The summed E-state index contributed by atoms with van der Waals surface area (Å²) in [6.45, 7) is 8.51. The molecule has 1 atom stereocenters. The van der Waals surface area contributed by atoms with Gasteiger partial charge in [0.1, 0.15) is 0 Å². The van der Waals surface area contributed by atoms with Gasteiger partial charge in [0.05, 0.1) is 0 Å². The van der Waals surface area contributed by atoms with Crippen molar-refractivity contribution < 1.29 is 4.79 Å². The van der Waals surface area contributed by atoms with Gasteiger partial charge in [-0.25, -0.2) is 4.79 Å². The van der Waals surface area contributed by atoms with Crippen LogP contribution in [-0.4, -0.2) is 53.0 Å². The molecular weight excluding hydrogens is 252 g/mol. The van der Waals surface area contributed by atoms with Crippen molar-refractivity contribution in [2.24, 2.45) is 0 Å². The monoisotopic (exact) mass is 276 g/mol. The lowest BCUT2D eigenvalue weighted by Gasteiger charge is -2.35. The summed E-state index contributed by atoms with van der Waals surface area (Å²) in [5.74, 6) is 0. The van der Waals surface area contributed by atoms with Crippen LogP contribution >= 0.6 is 0 Å². The maximum atomic E-state index is 12.0. The van der Waals surface area contributed by atoms with E-state index in [-0.39, 0.29) is 12.1 Å². The molecule has 110 valence electrons. The first-order chi connectivity index (χ1) is 9.69. The number of piperazine rings is 1. The van der Waals surface area contributed by atoms with Crippen LogP contribution in [0, 0.1) is 0 Å². The van der Waals surface area contributed by atoms with Crippen molar-refractivity contribution >= 4 is 6.03 Å². The topological polar surface area (TPSA) is 48.5 Å². The van der Waals surface area contributed by atoms with Crippen molar-refractivity contribution in [2.45, 2.75) is 32.9 Å². The van der Waals surface area contributed by atoms with Gasteiger partial charge < -0.3 is 10.2 Å². The van der Waals surface area contributed by atoms with Gasteiger partial charge in [-0.05, 0) is 31.0 Å². The van der Waals surface area contributed by atoms with E-state index in [1.807, 2.05) is 36.4 Å². The van der Waals surface area contributed by atoms with Crippen LogP contribution in [0.3, 0.4) is 0 Å². The zero-order valence-corrected chi connectivity index (χ0v) is 12.4. The molecule has 2 rings (SSSR count). The fourth-order valence-corrected chi connectivity index (χ4v) is 2.26. The number of carbonyl (C=O) groups is 1. The van der Waals surface area contributed by atoms with Crippen molar-refractivity contribution in [1.29, 1.82) is 0 Å². The molecule has 1 aliphatic rings. The van der Waals surface area contributed by atoms with E-state index in [1.165, 1.54) is 5.56 Å². The molecule has 5 heteroatoms. The molecule has 1 aromatic heterocycles. The molecule has 2 amide bonds. The first-order valence-corrected chi connectivity index (χ1v) is 7.35. The number of carbonyl (C=O) groups excluding carboxylic acids is 1. The number of hydrogen-bond donors (Lipinski definition) is 1. The zero-order valence-electron chi connectivity index (χ0n) is 12.4. The molecule has 0 spiro atoms. The van der Waals surface area contributed by atoms with Gasteiger partial charge in [-0.1, -0.05) is 6.92 Å². The van der Waals surface area contributed by atoms with Gasteiger partial charge in [0.2, 0.25) is 0 Å². The highest BCUT2D eigenvalue weighted by Crippen LogP contribution is 2.08. The molecule has 20 heavy (non-hydrogen) atoms. The van der Waals surface area contributed by atoms with Crippen LogP contribution in [0.25, 0.3) is 0 Å². The van der Waals surface area contributed by atoms with Gasteiger partial charge in [0.15, 0.2) is 0 Å². The second-order valence-electron chi connectivity index (χ2n) is 5.38. The van der Waals surface area contributed by atoms with E-state index in [2.05, 4.69) is 22.1 Å². The van der Waals surface area contributed by atoms with Gasteiger partial charge in [-0.15, -0.1) is 0 Å². The number of aromatic nitrogens is 1. The molecule has 0 saturated carbocycles. The quantitative estimate of drug-likeness (QED) is 0.910. The lowest BCUT2D eigenvalue weighted by atomic mass is 10.2. The Balaban J connectivity index is 1.76. The summed E-state index contributed by atoms with van der Waals surface area (Å²) < 4.78 is 0. The number of nitrogens with zero attached hydrogens (tertiary/aromatic N) is 3. The van der Waals surface area contributed by atoms with E-state index >= 15 is 0 Å². The lowest BCUT2D eigenvalue weighted by Crippen LogP contribution is -2.52. The second-order valence-corrected chi connectivity index (χ2v) is 5.38. The normalized spacial score (nSPS) is 17.8. The van der Waals surface area contributed by atoms with Gasteiger partial charge in [0.25, 0.3) is 0 Å². The Morgan fingerprint density at radius 3 is 2.55 bits per heavy atom. The first-order valence-electron chi connectivity index (χ1n) is 7.35. The fourth-order valence-electron chi connectivity index (χ4n) is 2.26. The summed E-state index contributed by atoms with van der Waals surface area (Å²) in [5.41, 5.74) is 1.28. The zero-order chi connectivity index (χ0) is 14.4. The Hall–Kier alpha value is -1.62. The summed E-state index contributed by atoms with van der Waals surface area (Å²) in [7, 11) is 0. The van der Waals surface area contributed by atoms with Crippen LogP contribution in [0.15, 0.2) is 24.5 Å². The van der Waals surface area contributed by atoms with Gasteiger partial charge in [-0.3, -0.25) is 9.88 Å². The summed E-state index contributed by atoms with van der Waals surface area (Å²) in [6.07, 6.45) is 4.62. The third-order valence-electron chi connectivity index (χ3n) is 3.80. The van der Waals surface area contributed by atoms with E-state index in [4.69, 9.17) is 0 Å². The molecule has 1 fully saturated rings. The van der Waals surface area contributed by atoms with Crippen molar-refractivity contribution in [1.82, 2.24) is 20.1 Å². The first kappa shape index (κ1) is 14.8. The minimum atomic E-state index is 0.0721. The number of nitrogens with one attached hydrogen (secondary N) is 1. The molecule has 1 aliphatic heterocycles. The number of urea groups is 1. The maximum Gasteiger partial charge on any atom is 0.317 e. The molecule has 0 aromatic carbocycles. The Bertz CT molecular complexity index is 415. The number of rotatable bonds is 4. The highest BCUT2D eigenvalue weighted by atomic mass is 16.2. The lowest BCUT2D eigenvalue weighted by molar-refractivity contribution is 0.133. The van der Waals surface area contributed by atoms with Crippen molar-refractivity contribution in [2.75, 3.05) is 26.2 Å². The summed E-state index contributed by atoms with van der Waals surface area (Å²) in [4.78, 5) is 20.3. The summed E-state index contributed by atoms with van der Waals surface area (Å²) in [5, 5.41) is 3.02. The predicted molar refractivity (Wildman–Crippen MR) is 79.4 cm³/mol. The molecule has 1 aromatic rings. The van der Waals surface area contributed by atoms with Crippen LogP contribution in [0.2, 0.25) is 0 Å². The van der Waals surface area contributed by atoms with E-state index in [0.29, 0.717) is 0 Å². The summed E-state index contributed by atoms with van der Waals surface area (Å²) >= 11 is 0. The third-order valence-corrected chi connectivity index (χ3v) is 3.80. The molecule has 1 N–H and O–H groups in total. The van der Waals surface area contributed by atoms with Gasteiger partial charge in [-0.2, -0.15) is 0 Å². The molecule has 0 bridgehead atoms. The number of amides is 2. The van der Waals surface area contributed by atoms with Crippen molar-refractivity contribution in [3.05, 3.63) is 30.1 Å².